The second-order valence-corrected chi connectivity index (χ2v) is 2.78. The molecule has 0 aromatic heterocycles. The van der Waals surface area contributed by atoms with Crippen molar-refractivity contribution in [2.24, 2.45) is 0 Å². The average molecular weight is 124 g/mol. The van der Waals surface area contributed by atoms with E-state index in [9.17, 15) is 0 Å². The summed E-state index contributed by atoms with van der Waals surface area (Å²) < 4.78 is 0. The Kier molecular flexibility index (Phi) is 1.83. The van der Waals surface area contributed by atoms with E-state index in [0.717, 1.165) is 5.19 Å². The minimum absolute atomic E-state index is 0.909. The molecule has 2 heteroatoms. The molecule has 1 aromatic rings. The van der Waals surface area contributed by atoms with Gasteiger partial charge in [-0.1, -0.05) is 30.3 Å². The number of hydrogen-bond acceptors (Lipinski definition) is 1. The molecule has 0 aliphatic rings. The lowest BCUT2D eigenvalue weighted by molar-refractivity contribution is 0.615. The predicted molar refractivity (Wildman–Crippen MR) is 36.8 cm³/mol. The summed E-state index contributed by atoms with van der Waals surface area (Å²) in [4.78, 5) is 8.68. The summed E-state index contributed by atoms with van der Waals surface area (Å²) in [5.41, 5.74) is 0. The molecule has 0 saturated carbocycles. The van der Waals surface area contributed by atoms with Gasteiger partial charge >= 0.3 is 0 Å². The summed E-state index contributed by atoms with van der Waals surface area (Å²) in [6.45, 7) is 0. The van der Waals surface area contributed by atoms with Gasteiger partial charge in [0, 0.05) is 0 Å². The Morgan fingerprint density at radius 3 is 2.12 bits per heavy atom. The third kappa shape index (κ3) is 1.18. The van der Waals surface area contributed by atoms with Crippen molar-refractivity contribution in [3.05, 3.63) is 30.3 Å². The van der Waals surface area contributed by atoms with E-state index in [0.29, 0.717) is 0 Å². The van der Waals surface area contributed by atoms with Crippen molar-refractivity contribution in [2.45, 2.75) is 0 Å². The van der Waals surface area contributed by atoms with Crippen molar-refractivity contribution < 1.29 is 4.80 Å². The molecular formula is C6H8OSi. The lowest BCUT2D eigenvalue weighted by Gasteiger charge is -1.88. The van der Waals surface area contributed by atoms with Gasteiger partial charge in [-0.25, -0.2) is 0 Å². The maximum atomic E-state index is 8.68. The lowest BCUT2D eigenvalue weighted by Crippen LogP contribution is -2.11. The van der Waals surface area contributed by atoms with E-state index < -0.39 is 9.76 Å². The van der Waals surface area contributed by atoms with Crippen LogP contribution in [0.15, 0.2) is 30.3 Å². The number of hydrogen-bond donors (Lipinski definition) is 1. The van der Waals surface area contributed by atoms with Crippen LogP contribution in [0.25, 0.3) is 0 Å². The molecule has 0 atom stereocenters. The Hall–Kier alpha value is -0.603. The minimum Gasteiger partial charge on any atom is -0.433 e. The van der Waals surface area contributed by atoms with Crippen molar-refractivity contribution in [3.63, 3.8) is 0 Å². The second kappa shape index (κ2) is 2.64. The van der Waals surface area contributed by atoms with Crippen LogP contribution in [0.3, 0.4) is 0 Å². The maximum Gasteiger partial charge on any atom is 0.187 e. The fraction of sp³-hybridized carbons (Fsp3) is 0. The summed E-state index contributed by atoms with van der Waals surface area (Å²) >= 11 is 0. The molecule has 1 nitrogen and oxygen atoms in total. The van der Waals surface area contributed by atoms with Gasteiger partial charge in [-0.15, -0.1) is 0 Å². The number of rotatable bonds is 1. The fourth-order valence-electron chi connectivity index (χ4n) is 0.583. The molecule has 0 bridgehead atoms. The highest BCUT2D eigenvalue weighted by Crippen LogP contribution is 1.78. The normalized spacial score (nSPS) is 10.6. The van der Waals surface area contributed by atoms with Gasteiger partial charge in [-0.3, -0.25) is 0 Å². The zero-order valence-corrected chi connectivity index (χ0v) is 5.96. The third-order valence-electron chi connectivity index (χ3n) is 1.03. The second-order valence-electron chi connectivity index (χ2n) is 1.64. The van der Waals surface area contributed by atoms with Crippen molar-refractivity contribution in [2.75, 3.05) is 0 Å². The Balaban J connectivity index is 2.83. The molecule has 0 unspecified atom stereocenters. The SMILES string of the molecule is O[SiH2]c1ccccc1. The van der Waals surface area contributed by atoms with Crippen molar-refractivity contribution >= 4 is 14.9 Å². The van der Waals surface area contributed by atoms with E-state index in [-0.39, 0.29) is 0 Å². The largest absolute Gasteiger partial charge is 0.433 e. The summed E-state index contributed by atoms with van der Waals surface area (Å²) in [5, 5.41) is 1.10. The van der Waals surface area contributed by atoms with Crippen molar-refractivity contribution in [1.29, 1.82) is 0 Å². The van der Waals surface area contributed by atoms with Crippen LogP contribution in [0.5, 0.6) is 0 Å². The van der Waals surface area contributed by atoms with Crippen LogP contribution >= 0.6 is 0 Å². The van der Waals surface area contributed by atoms with Crippen LogP contribution in [0.1, 0.15) is 0 Å². The molecule has 1 N–H and O–H groups in total. The first-order valence-corrected chi connectivity index (χ1v) is 3.92. The van der Waals surface area contributed by atoms with Gasteiger partial charge < -0.3 is 4.80 Å². The zero-order valence-electron chi connectivity index (χ0n) is 4.54. The molecule has 8 heavy (non-hydrogen) atoms. The van der Waals surface area contributed by atoms with Gasteiger partial charge in [0.05, 0.1) is 0 Å². The van der Waals surface area contributed by atoms with Crippen LogP contribution < -0.4 is 5.19 Å². The molecule has 0 radical (unpaired) electrons. The van der Waals surface area contributed by atoms with Crippen LogP contribution in [0, 0.1) is 0 Å². The number of benzene rings is 1. The molecule has 0 heterocycles. The van der Waals surface area contributed by atoms with E-state index >= 15 is 0 Å². The topological polar surface area (TPSA) is 20.2 Å². The van der Waals surface area contributed by atoms with Gasteiger partial charge in [0.25, 0.3) is 0 Å². The molecule has 0 aliphatic carbocycles. The first-order chi connectivity index (χ1) is 3.93. The summed E-state index contributed by atoms with van der Waals surface area (Å²) in [5.74, 6) is 0. The molecule has 0 aliphatic heterocycles. The van der Waals surface area contributed by atoms with Crippen molar-refractivity contribution in [3.8, 4) is 0 Å². The highest BCUT2D eigenvalue weighted by atomic mass is 28.2. The van der Waals surface area contributed by atoms with E-state index in [1.807, 2.05) is 30.3 Å². The first-order valence-electron chi connectivity index (χ1n) is 2.58. The predicted octanol–water partition coefficient (Wildman–Crippen LogP) is -0.612. The van der Waals surface area contributed by atoms with E-state index in [2.05, 4.69) is 0 Å². The van der Waals surface area contributed by atoms with Crippen molar-refractivity contribution in [1.82, 2.24) is 0 Å². The molecule has 0 saturated heterocycles. The Bertz CT molecular complexity index is 150. The quantitative estimate of drug-likeness (QED) is 0.495. The maximum absolute atomic E-state index is 8.68. The minimum atomic E-state index is -0.909. The van der Waals surface area contributed by atoms with Crippen LogP contribution in [-0.2, 0) is 0 Å². The first kappa shape index (κ1) is 5.53. The molecule has 1 rings (SSSR count). The lowest BCUT2D eigenvalue weighted by atomic mass is 10.4. The molecule has 0 amide bonds. The Morgan fingerprint density at radius 2 is 1.75 bits per heavy atom. The summed E-state index contributed by atoms with van der Waals surface area (Å²) in [6, 6.07) is 9.74. The molecule has 42 valence electrons. The standard InChI is InChI=1S/C6H8OSi/c7-8-6-4-2-1-3-5-6/h1-5,7H,8H2. The van der Waals surface area contributed by atoms with Gasteiger partial charge in [0.1, 0.15) is 0 Å². The van der Waals surface area contributed by atoms with Crippen LogP contribution in [0.4, 0.5) is 0 Å². The Labute approximate surface area is 50.9 Å². The van der Waals surface area contributed by atoms with Crippen LogP contribution in [0.2, 0.25) is 0 Å². The van der Waals surface area contributed by atoms with Crippen LogP contribution in [-0.4, -0.2) is 14.6 Å². The molecule has 0 spiro atoms. The van der Waals surface area contributed by atoms with E-state index in [1.54, 1.807) is 0 Å². The van der Waals surface area contributed by atoms with Gasteiger partial charge in [0.15, 0.2) is 9.76 Å². The van der Waals surface area contributed by atoms with E-state index in [4.69, 9.17) is 4.80 Å². The summed E-state index contributed by atoms with van der Waals surface area (Å²) in [6.07, 6.45) is 0. The highest BCUT2D eigenvalue weighted by molar-refractivity contribution is 6.45. The molecule has 0 fully saturated rings. The monoisotopic (exact) mass is 124 g/mol. The molecular weight excluding hydrogens is 116 g/mol. The van der Waals surface area contributed by atoms with Gasteiger partial charge in [0.2, 0.25) is 0 Å². The fourth-order valence-corrected chi connectivity index (χ4v) is 1.07. The van der Waals surface area contributed by atoms with E-state index in [1.165, 1.54) is 0 Å². The Morgan fingerprint density at radius 1 is 1.12 bits per heavy atom. The zero-order chi connectivity index (χ0) is 5.82. The molecule has 1 aromatic carbocycles. The average Bonchev–Trinajstić information content (AvgIpc) is 1.90. The smallest absolute Gasteiger partial charge is 0.187 e. The van der Waals surface area contributed by atoms with Gasteiger partial charge in [-0.2, -0.15) is 0 Å². The third-order valence-corrected chi connectivity index (χ3v) is 1.86. The summed E-state index contributed by atoms with van der Waals surface area (Å²) in [7, 11) is -0.909. The highest BCUT2D eigenvalue weighted by Gasteiger charge is 1.82. The van der Waals surface area contributed by atoms with Gasteiger partial charge in [-0.05, 0) is 5.19 Å².